The molecule has 1 aliphatic heterocycles. The molecular formula is C25H35N3O3. The van der Waals surface area contributed by atoms with Crippen molar-refractivity contribution in [2.45, 2.75) is 51.8 Å². The van der Waals surface area contributed by atoms with Crippen molar-refractivity contribution in [2.24, 2.45) is 0 Å². The number of piperazine rings is 1. The van der Waals surface area contributed by atoms with Crippen molar-refractivity contribution in [3.05, 3.63) is 65.5 Å². The van der Waals surface area contributed by atoms with Crippen LogP contribution in [0.3, 0.4) is 0 Å². The minimum Gasteiger partial charge on any atom is -0.444 e. The number of carbonyl (C=O) groups is 1. The van der Waals surface area contributed by atoms with Crippen molar-refractivity contribution in [3.8, 4) is 0 Å². The summed E-state index contributed by atoms with van der Waals surface area (Å²) in [6, 6.07) is 14.7. The van der Waals surface area contributed by atoms with E-state index in [4.69, 9.17) is 9.47 Å². The number of nitrogens with zero attached hydrogens (tertiary/aromatic N) is 3. The normalized spacial score (nSPS) is 18.6. The summed E-state index contributed by atoms with van der Waals surface area (Å²) in [4.78, 5) is 21.8. The smallest absolute Gasteiger partial charge is 0.410 e. The van der Waals surface area contributed by atoms with E-state index in [1.165, 1.54) is 11.1 Å². The number of rotatable bonds is 6. The third kappa shape index (κ3) is 6.28. The molecule has 1 aliphatic rings. The van der Waals surface area contributed by atoms with E-state index in [2.05, 4.69) is 47.1 Å². The minimum absolute atomic E-state index is 0.0141. The average molecular weight is 426 g/mol. The summed E-state index contributed by atoms with van der Waals surface area (Å²) in [7, 11) is 1.70. The predicted molar refractivity (Wildman–Crippen MR) is 122 cm³/mol. The maximum atomic E-state index is 12.9. The molecule has 1 saturated heterocycles. The highest BCUT2D eigenvalue weighted by atomic mass is 16.6. The molecule has 1 aromatic heterocycles. The maximum Gasteiger partial charge on any atom is 0.410 e. The predicted octanol–water partition coefficient (Wildman–Crippen LogP) is 4.44. The fraction of sp³-hybridized carbons (Fsp3) is 0.520. The molecule has 31 heavy (non-hydrogen) atoms. The van der Waals surface area contributed by atoms with E-state index in [-0.39, 0.29) is 18.2 Å². The number of methoxy groups -OCH3 is 1. The molecule has 168 valence electrons. The van der Waals surface area contributed by atoms with Gasteiger partial charge in [-0.25, -0.2) is 4.79 Å². The van der Waals surface area contributed by atoms with Gasteiger partial charge in [0.1, 0.15) is 5.60 Å². The van der Waals surface area contributed by atoms with Gasteiger partial charge in [0.2, 0.25) is 0 Å². The first-order chi connectivity index (χ1) is 14.8. The number of aromatic nitrogens is 1. The van der Waals surface area contributed by atoms with E-state index >= 15 is 0 Å². The lowest BCUT2D eigenvalue weighted by Gasteiger charge is -2.44. The largest absolute Gasteiger partial charge is 0.444 e. The van der Waals surface area contributed by atoms with Crippen LogP contribution < -0.4 is 0 Å². The first kappa shape index (κ1) is 23.2. The first-order valence-corrected chi connectivity index (χ1v) is 11.0. The molecule has 0 N–H and O–H groups in total. The van der Waals surface area contributed by atoms with Crippen LogP contribution in [0.2, 0.25) is 0 Å². The van der Waals surface area contributed by atoms with Gasteiger partial charge in [0.15, 0.2) is 0 Å². The van der Waals surface area contributed by atoms with Gasteiger partial charge in [-0.05, 0) is 51.8 Å². The molecule has 0 saturated carbocycles. The fourth-order valence-electron chi connectivity index (χ4n) is 4.03. The van der Waals surface area contributed by atoms with E-state index in [1.807, 2.05) is 44.0 Å². The van der Waals surface area contributed by atoms with Crippen LogP contribution in [-0.4, -0.2) is 65.9 Å². The molecule has 6 nitrogen and oxygen atoms in total. The molecule has 3 rings (SSSR count). The Morgan fingerprint density at radius 1 is 1.16 bits per heavy atom. The van der Waals surface area contributed by atoms with Crippen molar-refractivity contribution < 1.29 is 14.3 Å². The number of benzene rings is 1. The van der Waals surface area contributed by atoms with Crippen LogP contribution in [0.1, 0.15) is 50.1 Å². The van der Waals surface area contributed by atoms with Crippen LogP contribution in [0, 0.1) is 6.92 Å². The Hall–Kier alpha value is -2.44. The molecule has 2 aromatic rings. The minimum atomic E-state index is -0.515. The fourth-order valence-corrected chi connectivity index (χ4v) is 4.03. The molecule has 2 heterocycles. The molecule has 1 aromatic carbocycles. The van der Waals surface area contributed by atoms with Crippen molar-refractivity contribution in [3.63, 3.8) is 0 Å². The van der Waals surface area contributed by atoms with E-state index < -0.39 is 5.60 Å². The van der Waals surface area contributed by atoms with Gasteiger partial charge >= 0.3 is 6.09 Å². The summed E-state index contributed by atoms with van der Waals surface area (Å²) >= 11 is 0. The van der Waals surface area contributed by atoms with Crippen LogP contribution in [0.15, 0.2) is 48.7 Å². The van der Waals surface area contributed by atoms with Gasteiger partial charge in [0.25, 0.3) is 0 Å². The molecule has 6 heteroatoms. The molecule has 1 fully saturated rings. The Labute approximate surface area is 186 Å². The molecule has 1 unspecified atom stereocenters. The monoisotopic (exact) mass is 425 g/mol. The lowest BCUT2D eigenvalue weighted by molar-refractivity contribution is -0.0107. The summed E-state index contributed by atoms with van der Waals surface area (Å²) in [5.74, 6) is 0. The zero-order chi connectivity index (χ0) is 22.4. The van der Waals surface area contributed by atoms with Crippen LogP contribution in [0.25, 0.3) is 0 Å². The van der Waals surface area contributed by atoms with Crippen LogP contribution in [-0.2, 0) is 9.47 Å². The summed E-state index contributed by atoms with van der Waals surface area (Å²) in [5, 5.41) is 0. The van der Waals surface area contributed by atoms with Crippen molar-refractivity contribution in [2.75, 3.05) is 33.4 Å². The number of pyridine rings is 1. The molecule has 2 atom stereocenters. The number of hydrogen-bond donors (Lipinski definition) is 0. The Kier molecular flexibility index (Phi) is 7.68. The second-order valence-corrected chi connectivity index (χ2v) is 9.17. The Morgan fingerprint density at radius 2 is 1.90 bits per heavy atom. The quantitative estimate of drug-likeness (QED) is 0.685. The Balaban J connectivity index is 1.87. The molecule has 0 spiro atoms. The number of hydrogen-bond acceptors (Lipinski definition) is 5. The zero-order valence-electron chi connectivity index (χ0n) is 19.4. The molecule has 0 bridgehead atoms. The number of amides is 1. The molecule has 1 amide bonds. The second kappa shape index (κ2) is 10.2. The van der Waals surface area contributed by atoms with Gasteiger partial charge in [-0.3, -0.25) is 9.88 Å². The summed E-state index contributed by atoms with van der Waals surface area (Å²) in [6.07, 6.45) is 2.35. The van der Waals surface area contributed by atoms with Crippen LogP contribution in [0.4, 0.5) is 4.79 Å². The van der Waals surface area contributed by atoms with Gasteiger partial charge in [0.05, 0.1) is 17.8 Å². The lowest BCUT2D eigenvalue weighted by Crippen LogP contribution is -2.57. The molecular weight excluding hydrogens is 390 g/mol. The van der Waals surface area contributed by atoms with Crippen LogP contribution >= 0.6 is 0 Å². The van der Waals surface area contributed by atoms with Gasteiger partial charge in [0, 0.05) is 39.5 Å². The SMILES string of the molecule is COCC[C@H]1CN(C(c2ccc(C)cc2)c2ccccn2)CCN1C(=O)OC(C)(C)C. The number of carbonyl (C=O) groups excluding carboxylic acids is 1. The Morgan fingerprint density at radius 3 is 2.52 bits per heavy atom. The third-order valence-corrected chi connectivity index (χ3v) is 5.52. The second-order valence-electron chi connectivity index (χ2n) is 9.17. The topological polar surface area (TPSA) is 54.9 Å². The number of ether oxygens (including phenoxy) is 2. The lowest BCUT2D eigenvalue weighted by atomic mass is 9.97. The first-order valence-electron chi connectivity index (χ1n) is 11.0. The van der Waals surface area contributed by atoms with E-state index in [9.17, 15) is 4.79 Å². The van der Waals surface area contributed by atoms with E-state index in [0.29, 0.717) is 13.2 Å². The standard InChI is InChI=1S/C25H35N3O3/c1-19-9-11-20(12-10-19)23(22-8-6-7-14-26-22)27-15-16-28(21(18-27)13-17-30-5)24(29)31-25(2,3)4/h6-12,14,21,23H,13,15-18H2,1-5H3/t21-,23?/m0/s1. The van der Waals surface area contributed by atoms with Crippen molar-refractivity contribution in [1.82, 2.24) is 14.8 Å². The molecule has 0 aliphatic carbocycles. The Bertz CT molecular complexity index is 833. The van der Waals surface area contributed by atoms with Gasteiger partial charge in [-0.15, -0.1) is 0 Å². The van der Waals surface area contributed by atoms with Gasteiger partial charge in [-0.2, -0.15) is 0 Å². The van der Waals surface area contributed by atoms with Gasteiger partial charge < -0.3 is 14.4 Å². The highest BCUT2D eigenvalue weighted by Crippen LogP contribution is 2.31. The van der Waals surface area contributed by atoms with Crippen molar-refractivity contribution >= 4 is 6.09 Å². The van der Waals surface area contributed by atoms with Crippen LogP contribution in [0.5, 0.6) is 0 Å². The van der Waals surface area contributed by atoms with E-state index in [1.54, 1.807) is 7.11 Å². The highest BCUT2D eigenvalue weighted by molar-refractivity contribution is 5.68. The summed E-state index contributed by atoms with van der Waals surface area (Å²) in [5.41, 5.74) is 2.94. The zero-order valence-corrected chi connectivity index (χ0v) is 19.4. The van der Waals surface area contributed by atoms with E-state index in [0.717, 1.165) is 25.2 Å². The van der Waals surface area contributed by atoms with Crippen molar-refractivity contribution in [1.29, 1.82) is 0 Å². The summed E-state index contributed by atoms with van der Waals surface area (Å²) < 4.78 is 11.0. The maximum absolute atomic E-state index is 12.9. The third-order valence-electron chi connectivity index (χ3n) is 5.52. The number of aryl methyl sites for hydroxylation is 1. The van der Waals surface area contributed by atoms with Gasteiger partial charge in [-0.1, -0.05) is 35.9 Å². The average Bonchev–Trinajstić information content (AvgIpc) is 2.73. The molecule has 0 radical (unpaired) electrons. The summed E-state index contributed by atoms with van der Waals surface area (Å²) in [6.45, 7) is 10.5. The highest BCUT2D eigenvalue weighted by Gasteiger charge is 2.36.